The van der Waals surface area contributed by atoms with Crippen LogP contribution in [0.25, 0.3) is 44.9 Å². The zero-order valence-electron chi connectivity index (χ0n) is 19.8. The molecule has 174 valence electrons. The van der Waals surface area contributed by atoms with Crippen molar-refractivity contribution in [3.05, 3.63) is 127 Å². The van der Waals surface area contributed by atoms with Crippen LogP contribution in [0.15, 0.2) is 120 Å². The summed E-state index contributed by atoms with van der Waals surface area (Å²) in [7, 11) is 0. The molecule has 36 heavy (non-hydrogen) atoms. The predicted molar refractivity (Wildman–Crippen MR) is 144 cm³/mol. The van der Waals surface area contributed by atoms with Gasteiger partial charge in [-0.15, -0.1) is 0 Å². The number of aromatic nitrogens is 2. The highest BCUT2D eigenvalue weighted by atomic mass is 16.3. The maximum atomic E-state index is 10.9. The first-order chi connectivity index (χ1) is 17.7. The number of fused-ring (bicyclic) bond motifs is 1. The first-order valence-electron chi connectivity index (χ1n) is 12.0. The van der Waals surface area contributed by atoms with E-state index in [-0.39, 0.29) is 11.7 Å². The summed E-state index contributed by atoms with van der Waals surface area (Å²) in [6, 6.07) is 36.0. The summed E-state index contributed by atoms with van der Waals surface area (Å²) in [4.78, 5) is 9.29. The van der Waals surface area contributed by atoms with Gasteiger partial charge in [0.1, 0.15) is 11.3 Å². The minimum atomic E-state index is 0.153. The van der Waals surface area contributed by atoms with Crippen molar-refractivity contribution < 1.29 is 9.52 Å². The van der Waals surface area contributed by atoms with Crippen LogP contribution in [0.1, 0.15) is 24.0 Å². The second kappa shape index (κ2) is 9.16. The molecule has 0 saturated heterocycles. The third-order valence-corrected chi connectivity index (χ3v) is 6.60. The van der Waals surface area contributed by atoms with Crippen molar-refractivity contribution in [2.45, 2.75) is 12.8 Å². The van der Waals surface area contributed by atoms with Gasteiger partial charge in [-0.25, -0.2) is 4.98 Å². The Balaban J connectivity index is 1.38. The van der Waals surface area contributed by atoms with E-state index >= 15 is 0 Å². The molecule has 1 atom stereocenters. The van der Waals surface area contributed by atoms with Gasteiger partial charge in [-0.3, -0.25) is 4.98 Å². The maximum absolute atomic E-state index is 10.9. The molecule has 2 heterocycles. The Morgan fingerprint density at radius 2 is 1.50 bits per heavy atom. The van der Waals surface area contributed by atoms with E-state index in [2.05, 4.69) is 42.2 Å². The summed E-state index contributed by atoms with van der Waals surface area (Å²) < 4.78 is 6.11. The molecule has 0 amide bonds. The fourth-order valence-electron chi connectivity index (χ4n) is 4.61. The molecular formula is C32H24N2O2. The molecule has 0 saturated carbocycles. The van der Waals surface area contributed by atoms with Gasteiger partial charge < -0.3 is 9.52 Å². The standard InChI is InChI=1S/C32H24N2O2/c1-21(22-9-3-2-4-10-22)23-16-17-27(29(35)20-23)32-34-31-26(13-8-15-30(31)36-32)24-11-7-12-25(19-24)28-14-5-6-18-33-28/h2-21,35H,1H3. The van der Waals surface area contributed by atoms with Crippen molar-refractivity contribution >= 4 is 11.1 Å². The Kier molecular flexibility index (Phi) is 5.55. The van der Waals surface area contributed by atoms with Crippen molar-refractivity contribution in [3.8, 4) is 39.6 Å². The van der Waals surface area contributed by atoms with E-state index in [1.54, 1.807) is 12.3 Å². The van der Waals surface area contributed by atoms with Crippen LogP contribution in [0, 0.1) is 0 Å². The number of phenols is 1. The van der Waals surface area contributed by atoms with Crippen LogP contribution in [0.5, 0.6) is 5.75 Å². The molecule has 4 aromatic carbocycles. The van der Waals surface area contributed by atoms with Crippen LogP contribution in [-0.2, 0) is 0 Å². The monoisotopic (exact) mass is 468 g/mol. The first kappa shape index (κ1) is 21.8. The van der Waals surface area contributed by atoms with Crippen LogP contribution >= 0.6 is 0 Å². The summed E-state index contributed by atoms with van der Waals surface area (Å²) >= 11 is 0. The Labute approximate surface area is 209 Å². The van der Waals surface area contributed by atoms with Crippen molar-refractivity contribution in [2.24, 2.45) is 0 Å². The van der Waals surface area contributed by atoms with Gasteiger partial charge in [0.05, 0.1) is 11.3 Å². The van der Waals surface area contributed by atoms with Gasteiger partial charge in [0.15, 0.2) is 5.58 Å². The first-order valence-corrected chi connectivity index (χ1v) is 12.0. The van der Waals surface area contributed by atoms with Crippen molar-refractivity contribution in [1.29, 1.82) is 0 Å². The van der Waals surface area contributed by atoms with Crippen LogP contribution < -0.4 is 0 Å². The normalized spacial score (nSPS) is 12.0. The second-order valence-electron chi connectivity index (χ2n) is 8.88. The van der Waals surface area contributed by atoms with E-state index < -0.39 is 0 Å². The van der Waals surface area contributed by atoms with Crippen molar-refractivity contribution in [1.82, 2.24) is 9.97 Å². The van der Waals surface area contributed by atoms with Gasteiger partial charge in [-0.05, 0) is 53.1 Å². The third-order valence-electron chi connectivity index (χ3n) is 6.60. The topological polar surface area (TPSA) is 59.2 Å². The Hall–Kier alpha value is -4.70. The molecule has 1 N–H and O–H groups in total. The van der Waals surface area contributed by atoms with Gasteiger partial charge in [0.2, 0.25) is 5.89 Å². The number of pyridine rings is 1. The van der Waals surface area contributed by atoms with E-state index in [0.717, 1.165) is 33.5 Å². The average molecular weight is 469 g/mol. The molecule has 0 spiro atoms. The summed E-state index contributed by atoms with van der Waals surface area (Å²) in [5, 5.41) is 10.9. The number of hydrogen-bond acceptors (Lipinski definition) is 4. The van der Waals surface area contributed by atoms with Crippen molar-refractivity contribution in [2.75, 3.05) is 0 Å². The molecule has 2 aromatic heterocycles. The lowest BCUT2D eigenvalue weighted by molar-refractivity contribution is 0.473. The van der Waals surface area contributed by atoms with Gasteiger partial charge >= 0.3 is 0 Å². The quantitative estimate of drug-likeness (QED) is 0.278. The number of phenolic OH excluding ortho intramolecular Hbond substituents is 1. The highest BCUT2D eigenvalue weighted by Gasteiger charge is 2.17. The number of oxazole rings is 1. The van der Waals surface area contributed by atoms with E-state index in [4.69, 9.17) is 9.40 Å². The lowest BCUT2D eigenvalue weighted by Crippen LogP contribution is -1.96. The highest BCUT2D eigenvalue weighted by molar-refractivity contribution is 5.93. The van der Waals surface area contributed by atoms with Gasteiger partial charge in [0.25, 0.3) is 0 Å². The summed E-state index contributed by atoms with van der Waals surface area (Å²) in [6.45, 7) is 2.13. The number of benzene rings is 4. The fraction of sp³-hybridized carbons (Fsp3) is 0.0625. The van der Waals surface area contributed by atoms with E-state index in [0.29, 0.717) is 17.0 Å². The highest BCUT2D eigenvalue weighted by Crippen LogP contribution is 2.37. The zero-order valence-corrected chi connectivity index (χ0v) is 19.8. The van der Waals surface area contributed by atoms with Crippen LogP contribution in [0.4, 0.5) is 0 Å². The van der Waals surface area contributed by atoms with E-state index in [9.17, 15) is 5.11 Å². The largest absolute Gasteiger partial charge is 0.507 e. The molecule has 4 nitrogen and oxygen atoms in total. The number of rotatable bonds is 5. The molecule has 4 heteroatoms. The average Bonchev–Trinajstić information content (AvgIpc) is 3.38. The minimum Gasteiger partial charge on any atom is -0.507 e. The molecule has 0 bridgehead atoms. The summed E-state index contributed by atoms with van der Waals surface area (Å²) in [5.41, 5.74) is 8.18. The van der Waals surface area contributed by atoms with E-state index in [1.807, 2.05) is 72.8 Å². The summed E-state index contributed by atoms with van der Waals surface area (Å²) in [5.74, 6) is 0.711. The van der Waals surface area contributed by atoms with Crippen molar-refractivity contribution in [3.63, 3.8) is 0 Å². The minimum absolute atomic E-state index is 0.153. The van der Waals surface area contributed by atoms with Crippen LogP contribution in [0.2, 0.25) is 0 Å². The molecule has 6 aromatic rings. The van der Waals surface area contributed by atoms with Gasteiger partial charge in [-0.1, -0.05) is 79.7 Å². The maximum Gasteiger partial charge on any atom is 0.231 e. The SMILES string of the molecule is CC(c1ccccc1)c1ccc(-c2nc3c(-c4cccc(-c5ccccn5)c4)cccc3o2)c(O)c1. The Bertz CT molecular complexity index is 1660. The molecule has 6 rings (SSSR count). The third kappa shape index (κ3) is 4.03. The smallest absolute Gasteiger partial charge is 0.231 e. The van der Waals surface area contributed by atoms with Crippen LogP contribution in [-0.4, -0.2) is 15.1 Å². The van der Waals surface area contributed by atoms with Gasteiger partial charge in [0, 0.05) is 23.2 Å². The molecular weight excluding hydrogens is 444 g/mol. The number of hydrogen-bond donors (Lipinski definition) is 1. The predicted octanol–water partition coefficient (Wildman–Crippen LogP) is 8.08. The lowest BCUT2D eigenvalue weighted by Gasteiger charge is -2.13. The zero-order chi connectivity index (χ0) is 24.5. The molecule has 0 aliphatic rings. The van der Waals surface area contributed by atoms with Crippen LogP contribution in [0.3, 0.4) is 0 Å². The fourth-order valence-corrected chi connectivity index (χ4v) is 4.61. The molecule has 0 fully saturated rings. The molecule has 0 radical (unpaired) electrons. The number of para-hydroxylation sites is 1. The van der Waals surface area contributed by atoms with E-state index in [1.165, 1.54) is 5.56 Å². The summed E-state index contributed by atoms with van der Waals surface area (Å²) in [6.07, 6.45) is 1.80. The molecule has 0 aliphatic carbocycles. The second-order valence-corrected chi connectivity index (χ2v) is 8.88. The molecule has 0 aliphatic heterocycles. The number of aromatic hydroxyl groups is 1. The lowest BCUT2D eigenvalue weighted by atomic mass is 9.92. The van der Waals surface area contributed by atoms with Gasteiger partial charge in [-0.2, -0.15) is 0 Å². The molecule has 1 unspecified atom stereocenters. The number of nitrogens with zero attached hydrogens (tertiary/aromatic N) is 2. The Morgan fingerprint density at radius 1 is 0.694 bits per heavy atom. The Morgan fingerprint density at radius 3 is 2.31 bits per heavy atom.